The van der Waals surface area contributed by atoms with Crippen LogP contribution in [0.1, 0.15) is 105 Å². The second kappa shape index (κ2) is 10.8. The van der Waals surface area contributed by atoms with E-state index in [-0.39, 0.29) is 5.97 Å². The van der Waals surface area contributed by atoms with E-state index >= 15 is 0 Å². The van der Waals surface area contributed by atoms with Gasteiger partial charge in [-0.05, 0) is 111 Å². The molecule has 4 saturated carbocycles. The minimum Gasteiger partial charge on any atom is -0.469 e. The zero-order valence-corrected chi connectivity index (χ0v) is 23.1. The maximum Gasteiger partial charge on any atom is 0.305 e. The van der Waals surface area contributed by atoms with Gasteiger partial charge in [-0.15, -0.1) is 0 Å². The zero-order valence-electron chi connectivity index (χ0n) is 23.1. The number of hydrogen-bond acceptors (Lipinski definition) is 4. The molecule has 2 N–H and O–H groups in total. The van der Waals surface area contributed by atoms with Crippen molar-refractivity contribution in [3.63, 3.8) is 0 Å². The van der Waals surface area contributed by atoms with E-state index in [0.717, 1.165) is 55.1 Å². The van der Waals surface area contributed by atoms with Crippen LogP contribution >= 0.6 is 0 Å². The van der Waals surface area contributed by atoms with Gasteiger partial charge in [-0.3, -0.25) is 4.79 Å². The molecule has 9 atom stereocenters. The molecule has 4 aliphatic carbocycles. The van der Waals surface area contributed by atoms with E-state index in [9.17, 15) is 4.79 Å². The number of ether oxygens (including phenoxy) is 1. The van der Waals surface area contributed by atoms with Crippen LogP contribution in [0.4, 0.5) is 0 Å². The number of hydrogen-bond donors (Lipinski definition) is 2. The average molecular weight is 475 g/mol. The first-order chi connectivity index (χ1) is 16.2. The topological polar surface area (TPSA) is 50.4 Å². The lowest BCUT2D eigenvalue weighted by molar-refractivity contribution is -0.141. The molecule has 0 radical (unpaired) electrons. The Kier molecular flexibility index (Phi) is 8.39. The molecule has 4 unspecified atom stereocenters. The number of carbonyl (C=O) groups excluding carboxylic acids is 1. The molecular formula is C30H54N2O2. The fraction of sp³-hybridized carbons (Fsp3) is 0.967. The summed E-state index contributed by atoms with van der Waals surface area (Å²) < 4.78 is 4.92. The third-order valence-corrected chi connectivity index (χ3v) is 11.6. The maximum atomic E-state index is 11.7. The van der Waals surface area contributed by atoms with Gasteiger partial charge in [0, 0.05) is 31.6 Å². The van der Waals surface area contributed by atoms with Crippen LogP contribution in [0, 0.1) is 46.3 Å². The predicted molar refractivity (Wildman–Crippen MR) is 141 cm³/mol. The summed E-state index contributed by atoms with van der Waals surface area (Å²) in [7, 11) is 1.52. The third kappa shape index (κ3) is 5.10. The Morgan fingerprint density at radius 1 is 0.941 bits per heavy atom. The summed E-state index contributed by atoms with van der Waals surface area (Å²) in [4.78, 5) is 11.7. The number of methoxy groups -OCH3 is 1. The van der Waals surface area contributed by atoms with Crippen molar-refractivity contribution in [3.05, 3.63) is 0 Å². The van der Waals surface area contributed by atoms with Gasteiger partial charge in [0.15, 0.2) is 0 Å². The van der Waals surface area contributed by atoms with Crippen LogP contribution in [0.25, 0.3) is 0 Å². The van der Waals surface area contributed by atoms with Gasteiger partial charge in [-0.2, -0.15) is 0 Å². The Balaban J connectivity index is 1.36. The van der Waals surface area contributed by atoms with Crippen molar-refractivity contribution in [1.29, 1.82) is 0 Å². The van der Waals surface area contributed by atoms with Gasteiger partial charge in [-0.25, -0.2) is 0 Å². The lowest BCUT2D eigenvalue weighted by Gasteiger charge is -2.61. The molecule has 196 valence electrons. The lowest BCUT2D eigenvalue weighted by atomic mass is 9.44. The van der Waals surface area contributed by atoms with E-state index in [1.165, 1.54) is 64.9 Å². The number of carbonyl (C=O) groups is 1. The highest BCUT2D eigenvalue weighted by Gasteiger charge is 2.60. The van der Waals surface area contributed by atoms with Gasteiger partial charge < -0.3 is 15.4 Å². The summed E-state index contributed by atoms with van der Waals surface area (Å²) in [5.74, 6) is 5.08. The van der Waals surface area contributed by atoms with E-state index in [1.54, 1.807) is 0 Å². The van der Waals surface area contributed by atoms with Gasteiger partial charge in [0.05, 0.1) is 7.11 Å². The van der Waals surface area contributed by atoms with Gasteiger partial charge in [0.25, 0.3) is 0 Å². The molecule has 0 spiro atoms. The Hall–Kier alpha value is -0.610. The van der Waals surface area contributed by atoms with Crippen molar-refractivity contribution >= 4 is 5.97 Å². The summed E-state index contributed by atoms with van der Waals surface area (Å²) in [5, 5.41) is 7.44. The third-order valence-electron chi connectivity index (χ3n) is 11.6. The minimum atomic E-state index is -0.0391. The van der Waals surface area contributed by atoms with Crippen LogP contribution in [0.5, 0.6) is 0 Å². The van der Waals surface area contributed by atoms with Gasteiger partial charge in [-0.1, -0.05) is 34.6 Å². The summed E-state index contributed by atoms with van der Waals surface area (Å²) in [6.07, 6.45) is 14.4. The SMILES string of the molecule is COC(=O)CC[C@@H](C)[C@H]1CCC2C3CC[C@@H]4CC(NCCNC(C)C)CC[C@]4(C)C3CC[C@@]21C. The Morgan fingerprint density at radius 3 is 2.41 bits per heavy atom. The number of fused-ring (bicyclic) bond motifs is 5. The Labute approximate surface area is 210 Å². The molecule has 4 nitrogen and oxygen atoms in total. The quantitative estimate of drug-likeness (QED) is 0.309. The molecule has 0 aliphatic heterocycles. The van der Waals surface area contributed by atoms with E-state index in [0.29, 0.717) is 29.2 Å². The Morgan fingerprint density at radius 2 is 1.68 bits per heavy atom. The normalized spacial score (nSPS) is 42.6. The molecule has 4 aliphatic rings. The first-order valence-corrected chi connectivity index (χ1v) is 14.7. The number of esters is 1. The molecular weight excluding hydrogens is 420 g/mol. The monoisotopic (exact) mass is 474 g/mol. The first-order valence-electron chi connectivity index (χ1n) is 14.7. The van der Waals surface area contributed by atoms with Crippen LogP contribution < -0.4 is 10.6 Å². The van der Waals surface area contributed by atoms with Crippen molar-refractivity contribution in [1.82, 2.24) is 10.6 Å². The average Bonchev–Trinajstić information content (AvgIpc) is 3.17. The Bertz CT molecular complexity index is 695. The molecule has 0 amide bonds. The summed E-state index contributed by atoms with van der Waals surface area (Å²) in [5.41, 5.74) is 1.05. The summed E-state index contributed by atoms with van der Waals surface area (Å²) in [6, 6.07) is 1.30. The molecule has 0 saturated heterocycles. The summed E-state index contributed by atoms with van der Waals surface area (Å²) in [6.45, 7) is 14.4. The standard InChI is InChI=1S/C30H54N2O2/c1-20(2)31-17-18-32-23-13-15-29(4)22(19-23)8-9-24-26-11-10-25(21(3)7-12-28(33)34-6)30(26,5)16-14-27(24)29/h20-27,31-32H,7-19H2,1-6H3/t21-,22-,23?,24?,25-,26?,27?,29+,30-/m1/s1. The van der Waals surface area contributed by atoms with E-state index in [4.69, 9.17) is 4.74 Å². The van der Waals surface area contributed by atoms with Crippen LogP contribution in [-0.4, -0.2) is 38.3 Å². The highest BCUT2D eigenvalue weighted by Crippen LogP contribution is 2.68. The molecule has 4 fully saturated rings. The highest BCUT2D eigenvalue weighted by atomic mass is 16.5. The number of nitrogens with one attached hydrogen (secondary N) is 2. The molecule has 0 aromatic carbocycles. The second-order valence-corrected chi connectivity index (χ2v) is 13.5. The molecule has 0 aromatic heterocycles. The fourth-order valence-corrected chi connectivity index (χ4v) is 9.70. The molecule has 0 bridgehead atoms. The van der Waals surface area contributed by atoms with Crippen molar-refractivity contribution in [2.45, 2.75) is 117 Å². The van der Waals surface area contributed by atoms with Crippen molar-refractivity contribution < 1.29 is 9.53 Å². The molecule has 0 heterocycles. The van der Waals surface area contributed by atoms with Crippen LogP contribution in [0.3, 0.4) is 0 Å². The molecule has 34 heavy (non-hydrogen) atoms. The van der Waals surface area contributed by atoms with Crippen molar-refractivity contribution in [2.75, 3.05) is 20.2 Å². The maximum absolute atomic E-state index is 11.7. The predicted octanol–water partition coefficient (Wildman–Crippen LogP) is 6.19. The van der Waals surface area contributed by atoms with Crippen LogP contribution in [0.15, 0.2) is 0 Å². The van der Waals surface area contributed by atoms with E-state index in [1.807, 2.05) is 0 Å². The molecule has 0 aromatic rings. The molecule has 4 heteroatoms. The highest BCUT2D eigenvalue weighted by molar-refractivity contribution is 5.69. The van der Waals surface area contributed by atoms with Crippen LogP contribution in [-0.2, 0) is 9.53 Å². The largest absolute Gasteiger partial charge is 0.469 e. The smallest absolute Gasteiger partial charge is 0.305 e. The second-order valence-electron chi connectivity index (χ2n) is 13.5. The van der Waals surface area contributed by atoms with Gasteiger partial charge in [0.2, 0.25) is 0 Å². The first kappa shape index (κ1) is 26.5. The minimum absolute atomic E-state index is 0.0391. The van der Waals surface area contributed by atoms with E-state index in [2.05, 4.69) is 45.3 Å². The molecule has 4 rings (SSSR count). The lowest BCUT2D eigenvalue weighted by Crippen LogP contribution is -2.55. The van der Waals surface area contributed by atoms with E-state index < -0.39 is 0 Å². The number of rotatable bonds is 9. The van der Waals surface area contributed by atoms with Gasteiger partial charge in [0.1, 0.15) is 0 Å². The van der Waals surface area contributed by atoms with Crippen molar-refractivity contribution in [2.24, 2.45) is 46.3 Å². The van der Waals surface area contributed by atoms with Crippen LogP contribution in [0.2, 0.25) is 0 Å². The van der Waals surface area contributed by atoms with Crippen molar-refractivity contribution in [3.8, 4) is 0 Å². The fourth-order valence-electron chi connectivity index (χ4n) is 9.70. The summed E-state index contributed by atoms with van der Waals surface area (Å²) >= 11 is 0. The zero-order chi connectivity index (χ0) is 24.5. The van der Waals surface area contributed by atoms with Gasteiger partial charge >= 0.3 is 5.97 Å².